The Labute approximate surface area is 102 Å². The van der Waals surface area contributed by atoms with Gasteiger partial charge in [0.2, 0.25) is 0 Å². The molecular formula is C14H19NO2. The van der Waals surface area contributed by atoms with E-state index in [0.29, 0.717) is 13.2 Å². The molecule has 3 heteroatoms. The van der Waals surface area contributed by atoms with Crippen LogP contribution in [-0.4, -0.2) is 29.1 Å². The van der Waals surface area contributed by atoms with Crippen LogP contribution in [0, 0.1) is 0 Å². The fraction of sp³-hybridized carbons (Fsp3) is 0.500. The van der Waals surface area contributed by atoms with E-state index in [2.05, 4.69) is 0 Å². The summed E-state index contributed by atoms with van der Waals surface area (Å²) in [6.07, 6.45) is -0.327. The number of nitrogens with zero attached hydrogens (tertiary/aromatic N) is 1. The number of carbonyl (C=O) groups is 1. The highest BCUT2D eigenvalue weighted by Crippen LogP contribution is 2.25. The lowest BCUT2D eigenvalue weighted by Gasteiger charge is -2.44. The summed E-state index contributed by atoms with van der Waals surface area (Å²) in [6.45, 7) is 7.14. The lowest BCUT2D eigenvalue weighted by atomic mass is 9.99. The van der Waals surface area contributed by atoms with Crippen molar-refractivity contribution in [3.63, 3.8) is 0 Å². The van der Waals surface area contributed by atoms with Gasteiger partial charge in [0.15, 0.2) is 0 Å². The molecule has 1 unspecified atom stereocenters. The summed E-state index contributed by atoms with van der Waals surface area (Å²) in [4.78, 5) is 14.1. The highest BCUT2D eigenvalue weighted by Gasteiger charge is 2.39. The van der Waals surface area contributed by atoms with Crippen molar-refractivity contribution >= 4 is 5.91 Å². The van der Waals surface area contributed by atoms with Crippen molar-refractivity contribution in [2.75, 3.05) is 6.61 Å². The van der Waals surface area contributed by atoms with Gasteiger partial charge >= 0.3 is 0 Å². The first-order chi connectivity index (χ1) is 8.00. The van der Waals surface area contributed by atoms with Crippen LogP contribution in [-0.2, 0) is 16.1 Å². The molecule has 1 aromatic rings. The second-order valence-corrected chi connectivity index (χ2v) is 5.18. The molecule has 2 rings (SSSR count). The zero-order valence-electron chi connectivity index (χ0n) is 10.6. The van der Waals surface area contributed by atoms with Crippen molar-refractivity contribution < 1.29 is 9.53 Å². The van der Waals surface area contributed by atoms with Gasteiger partial charge in [-0.3, -0.25) is 4.79 Å². The minimum atomic E-state index is -0.327. The quantitative estimate of drug-likeness (QED) is 0.784. The molecule has 0 saturated carbocycles. The first-order valence-corrected chi connectivity index (χ1v) is 5.98. The van der Waals surface area contributed by atoms with Gasteiger partial charge in [0.05, 0.1) is 12.1 Å². The molecule has 17 heavy (non-hydrogen) atoms. The van der Waals surface area contributed by atoms with Crippen LogP contribution in [0.4, 0.5) is 0 Å². The Balaban J connectivity index is 2.19. The van der Waals surface area contributed by atoms with E-state index in [1.807, 2.05) is 56.0 Å². The molecule has 1 aliphatic heterocycles. The SMILES string of the molecule is CC1OCC(C)(C)N(Cc2ccccc2)C1=O. The van der Waals surface area contributed by atoms with Crippen LogP contribution in [0.5, 0.6) is 0 Å². The molecule has 0 radical (unpaired) electrons. The van der Waals surface area contributed by atoms with Crippen molar-refractivity contribution in [3.05, 3.63) is 35.9 Å². The molecule has 0 spiro atoms. The molecule has 0 bridgehead atoms. The second-order valence-electron chi connectivity index (χ2n) is 5.18. The van der Waals surface area contributed by atoms with Crippen LogP contribution in [0.25, 0.3) is 0 Å². The predicted octanol–water partition coefficient (Wildman–Crippen LogP) is 2.21. The number of hydrogen-bond donors (Lipinski definition) is 0. The molecule has 0 aliphatic carbocycles. The standard InChI is InChI=1S/C14H19NO2/c1-11-13(16)15(14(2,3)10-17-11)9-12-7-5-4-6-8-12/h4-8,11H,9-10H2,1-3H3. The summed E-state index contributed by atoms with van der Waals surface area (Å²) in [5.41, 5.74) is 0.919. The Kier molecular flexibility index (Phi) is 3.20. The van der Waals surface area contributed by atoms with Crippen LogP contribution in [0.2, 0.25) is 0 Å². The number of carbonyl (C=O) groups excluding carboxylic acids is 1. The Morgan fingerprint density at radius 1 is 1.35 bits per heavy atom. The van der Waals surface area contributed by atoms with Crippen molar-refractivity contribution in [1.29, 1.82) is 0 Å². The van der Waals surface area contributed by atoms with E-state index in [0.717, 1.165) is 5.56 Å². The van der Waals surface area contributed by atoms with Gasteiger partial charge in [0.25, 0.3) is 5.91 Å². The van der Waals surface area contributed by atoms with Crippen LogP contribution >= 0.6 is 0 Å². The zero-order valence-corrected chi connectivity index (χ0v) is 10.6. The summed E-state index contributed by atoms with van der Waals surface area (Å²) in [6, 6.07) is 10.1. The third kappa shape index (κ3) is 2.50. The number of hydrogen-bond acceptors (Lipinski definition) is 2. The smallest absolute Gasteiger partial charge is 0.252 e. The number of morpholine rings is 1. The zero-order chi connectivity index (χ0) is 12.5. The fourth-order valence-electron chi connectivity index (χ4n) is 2.05. The van der Waals surface area contributed by atoms with Gasteiger partial charge in [0, 0.05) is 6.54 Å². The van der Waals surface area contributed by atoms with Crippen LogP contribution in [0.15, 0.2) is 30.3 Å². The van der Waals surface area contributed by atoms with E-state index in [1.165, 1.54) is 0 Å². The van der Waals surface area contributed by atoms with Gasteiger partial charge in [0.1, 0.15) is 6.10 Å². The average Bonchev–Trinajstić information content (AvgIpc) is 2.32. The molecule has 3 nitrogen and oxygen atoms in total. The monoisotopic (exact) mass is 233 g/mol. The molecule has 1 aliphatic rings. The number of benzene rings is 1. The molecular weight excluding hydrogens is 214 g/mol. The molecule has 1 amide bonds. The van der Waals surface area contributed by atoms with E-state index in [-0.39, 0.29) is 17.6 Å². The van der Waals surface area contributed by atoms with Crippen molar-refractivity contribution in [2.45, 2.75) is 39.0 Å². The molecule has 0 N–H and O–H groups in total. The summed E-state index contributed by atoms with van der Waals surface area (Å²) in [7, 11) is 0. The van der Waals surface area contributed by atoms with Gasteiger partial charge in [-0.1, -0.05) is 30.3 Å². The number of rotatable bonds is 2. The average molecular weight is 233 g/mol. The van der Waals surface area contributed by atoms with E-state index >= 15 is 0 Å². The van der Waals surface area contributed by atoms with E-state index in [9.17, 15) is 4.79 Å². The maximum atomic E-state index is 12.1. The topological polar surface area (TPSA) is 29.5 Å². The lowest BCUT2D eigenvalue weighted by Crippen LogP contribution is -2.58. The molecule has 1 heterocycles. The molecule has 0 aromatic heterocycles. The second kappa shape index (κ2) is 4.49. The summed E-state index contributed by atoms with van der Waals surface area (Å²) < 4.78 is 5.48. The van der Waals surface area contributed by atoms with E-state index in [4.69, 9.17) is 4.74 Å². The van der Waals surface area contributed by atoms with Crippen LogP contribution in [0.1, 0.15) is 26.3 Å². The molecule has 1 fully saturated rings. The van der Waals surface area contributed by atoms with Gasteiger partial charge < -0.3 is 9.64 Å². The normalized spacial score (nSPS) is 23.8. The first-order valence-electron chi connectivity index (χ1n) is 5.98. The van der Waals surface area contributed by atoms with Crippen molar-refractivity contribution in [2.24, 2.45) is 0 Å². The van der Waals surface area contributed by atoms with Crippen molar-refractivity contribution in [3.8, 4) is 0 Å². The van der Waals surface area contributed by atoms with Crippen molar-refractivity contribution in [1.82, 2.24) is 4.90 Å². The van der Waals surface area contributed by atoms with Crippen LogP contribution < -0.4 is 0 Å². The van der Waals surface area contributed by atoms with E-state index in [1.54, 1.807) is 0 Å². The third-order valence-electron chi connectivity index (χ3n) is 3.21. The molecule has 1 saturated heterocycles. The van der Waals surface area contributed by atoms with Gasteiger partial charge in [-0.25, -0.2) is 0 Å². The summed E-state index contributed by atoms with van der Waals surface area (Å²) in [5, 5.41) is 0. The predicted molar refractivity (Wildman–Crippen MR) is 66.5 cm³/mol. The minimum absolute atomic E-state index is 0.0742. The maximum Gasteiger partial charge on any atom is 0.252 e. The number of amides is 1. The van der Waals surface area contributed by atoms with E-state index < -0.39 is 0 Å². The van der Waals surface area contributed by atoms with Gasteiger partial charge in [-0.05, 0) is 26.3 Å². The van der Waals surface area contributed by atoms with Crippen LogP contribution in [0.3, 0.4) is 0 Å². The highest BCUT2D eigenvalue weighted by molar-refractivity contribution is 5.82. The maximum absolute atomic E-state index is 12.1. The summed E-state index contributed by atoms with van der Waals surface area (Å²) in [5.74, 6) is 0.0742. The molecule has 1 atom stereocenters. The minimum Gasteiger partial charge on any atom is -0.366 e. The molecule has 1 aromatic carbocycles. The fourth-order valence-corrected chi connectivity index (χ4v) is 2.05. The largest absolute Gasteiger partial charge is 0.366 e. The Morgan fingerprint density at radius 3 is 2.65 bits per heavy atom. The molecule has 92 valence electrons. The Hall–Kier alpha value is -1.35. The Bertz CT molecular complexity index is 400. The van der Waals surface area contributed by atoms with Gasteiger partial charge in [-0.15, -0.1) is 0 Å². The third-order valence-corrected chi connectivity index (χ3v) is 3.21. The highest BCUT2D eigenvalue weighted by atomic mass is 16.5. The lowest BCUT2D eigenvalue weighted by molar-refractivity contribution is -0.167. The Morgan fingerprint density at radius 2 is 2.00 bits per heavy atom. The first kappa shape index (κ1) is 12.1. The van der Waals surface area contributed by atoms with Gasteiger partial charge in [-0.2, -0.15) is 0 Å². The summed E-state index contributed by atoms with van der Waals surface area (Å²) >= 11 is 0. The number of ether oxygens (including phenoxy) is 1.